The van der Waals surface area contributed by atoms with Crippen LogP contribution in [-0.2, 0) is 57.6 Å². The number of rotatable bonds is 30. The van der Waals surface area contributed by atoms with E-state index in [0.717, 1.165) is 10.8 Å². The number of carbonyl (C=O) groups excluding carboxylic acids is 7. The number of hydrogen-bond donors (Lipinski definition) is 15. The Labute approximate surface area is 462 Å². The summed E-state index contributed by atoms with van der Waals surface area (Å²) in [4.78, 5) is 111. The minimum absolute atomic E-state index is 0.00177. The molecule has 0 fully saturated rings. The molecule has 0 heterocycles. The fourth-order valence-electron chi connectivity index (χ4n) is 8.08. The quantitative estimate of drug-likeness (QED) is 0.0172. The number of aliphatic hydroxyl groups is 1. The van der Waals surface area contributed by atoms with Gasteiger partial charge in [-0.15, -0.1) is 0 Å². The van der Waals surface area contributed by atoms with Crippen molar-refractivity contribution in [1.82, 2.24) is 37.2 Å². The number of amides is 7. The molecule has 0 saturated carbocycles. The first kappa shape index (κ1) is 61.2. The number of nitrogens with one attached hydrogen (secondary N) is 8. The maximum absolute atomic E-state index is 14.8. The molecule has 0 aliphatic heterocycles. The Balaban J connectivity index is 1.46. The summed E-state index contributed by atoms with van der Waals surface area (Å²) in [5, 5.41) is 53.5. The molecule has 5 aromatic carbocycles. The minimum Gasteiger partial charge on any atom is -0.508 e. The van der Waals surface area contributed by atoms with E-state index < -0.39 is 102 Å². The second kappa shape index (κ2) is 30.9. The van der Waals surface area contributed by atoms with Crippen molar-refractivity contribution in [2.45, 2.75) is 100 Å². The second-order valence-corrected chi connectivity index (χ2v) is 19.3. The maximum atomic E-state index is 14.8. The van der Waals surface area contributed by atoms with E-state index in [-0.39, 0.29) is 55.9 Å². The SMILES string of the molecule is C[C@@H](O)[C@H](NC(=O)[C@H](CCCCN)NC(=O)[C@@H](NC(=O)[C@H](Cc1ccc(O)cc1)NC(=O)[C@H](Cc1ccccc1)NC(=O)[C@@H](N)CS)Nc1ccc2ccccc2c1)C(=O)N[C@@H](Cc1ccccc1)C(=O)N[C@@H](CS)C(=O)O. The van der Waals surface area contributed by atoms with Gasteiger partial charge in [-0.1, -0.05) is 103 Å². The summed E-state index contributed by atoms with van der Waals surface area (Å²) in [6, 6.07) is 26.0. The molecular weight excluding hydrogens is 1040 g/mol. The minimum atomic E-state index is -1.72. The van der Waals surface area contributed by atoms with Crippen molar-refractivity contribution in [2.75, 3.05) is 23.4 Å². The molecule has 7 amide bonds. The first-order valence-corrected chi connectivity index (χ1v) is 26.5. The zero-order valence-electron chi connectivity index (χ0n) is 42.8. The molecule has 78 heavy (non-hydrogen) atoms. The maximum Gasteiger partial charge on any atom is 0.327 e. The lowest BCUT2D eigenvalue weighted by atomic mass is 10.0. The Kier molecular flexibility index (Phi) is 24.2. The largest absolute Gasteiger partial charge is 0.508 e. The van der Waals surface area contributed by atoms with Gasteiger partial charge in [-0.05, 0) is 84.5 Å². The van der Waals surface area contributed by atoms with Crippen LogP contribution < -0.4 is 54.0 Å². The Hall–Kier alpha value is -7.70. The number of phenolic OH excluding ortho intramolecular Hbond substituents is 1. The van der Waals surface area contributed by atoms with Gasteiger partial charge in [-0.3, -0.25) is 33.6 Å². The van der Waals surface area contributed by atoms with E-state index in [9.17, 15) is 53.7 Å². The zero-order chi connectivity index (χ0) is 56.7. The summed E-state index contributed by atoms with van der Waals surface area (Å²) in [7, 11) is 0. The van der Waals surface area contributed by atoms with Gasteiger partial charge >= 0.3 is 5.97 Å². The number of aliphatic hydroxyl groups excluding tert-OH is 1. The number of aliphatic carboxylic acids is 1. The van der Waals surface area contributed by atoms with Crippen LogP contribution in [0.3, 0.4) is 0 Å². The van der Waals surface area contributed by atoms with Crippen molar-refractivity contribution in [1.29, 1.82) is 0 Å². The number of phenols is 1. The van der Waals surface area contributed by atoms with Crippen LogP contribution in [0.5, 0.6) is 5.75 Å². The number of unbranched alkanes of at least 4 members (excludes halogenated alkanes) is 1. The lowest BCUT2D eigenvalue weighted by molar-refractivity contribution is -0.141. The van der Waals surface area contributed by atoms with Crippen molar-refractivity contribution in [3.63, 3.8) is 0 Å². The molecule has 9 atom stereocenters. The highest BCUT2D eigenvalue weighted by molar-refractivity contribution is 7.80. The normalized spacial score (nSPS) is 14.5. The summed E-state index contributed by atoms with van der Waals surface area (Å²) in [6.45, 7) is 1.44. The van der Waals surface area contributed by atoms with Crippen LogP contribution in [0.4, 0.5) is 5.69 Å². The molecule has 0 unspecified atom stereocenters. The summed E-state index contributed by atoms with van der Waals surface area (Å²) in [6.07, 6.45) is -2.92. The number of benzene rings is 5. The third-order valence-electron chi connectivity index (χ3n) is 12.4. The van der Waals surface area contributed by atoms with E-state index >= 15 is 0 Å². The first-order valence-electron chi connectivity index (χ1n) is 25.2. The molecule has 416 valence electrons. The molecule has 0 bridgehead atoms. The van der Waals surface area contributed by atoms with Crippen molar-refractivity contribution >= 4 is 89.0 Å². The van der Waals surface area contributed by atoms with Gasteiger partial charge in [0.25, 0.3) is 5.91 Å². The van der Waals surface area contributed by atoms with Gasteiger partial charge in [-0.2, -0.15) is 25.3 Å². The average molecular weight is 1110 g/mol. The highest BCUT2D eigenvalue weighted by Crippen LogP contribution is 2.20. The smallest absolute Gasteiger partial charge is 0.327 e. The Bertz CT molecular complexity index is 2820. The number of aromatic hydroxyl groups is 1. The Morgan fingerprint density at radius 3 is 1.51 bits per heavy atom. The number of thiol groups is 2. The van der Waals surface area contributed by atoms with Crippen molar-refractivity contribution in [2.24, 2.45) is 11.5 Å². The summed E-state index contributed by atoms with van der Waals surface area (Å²) in [5.41, 5.74) is 13.9. The van der Waals surface area contributed by atoms with E-state index in [2.05, 4.69) is 67.8 Å². The van der Waals surface area contributed by atoms with Crippen molar-refractivity contribution in [3.05, 3.63) is 144 Å². The Morgan fingerprint density at radius 2 is 0.987 bits per heavy atom. The van der Waals surface area contributed by atoms with E-state index in [1.165, 1.54) is 31.2 Å². The van der Waals surface area contributed by atoms with Crippen LogP contribution in [0.25, 0.3) is 10.8 Å². The number of carboxylic acid groups (broad SMARTS) is 1. The molecule has 0 spiro atoms. The molecular formula is C55H68N10O11S2. The summed E-state index contributed by atoms with van der Waals surface area (Å²) in [5.74, 6) is -7.84. The summed E-state index contributed by atoms with van der Waals surface area (Å²) >= 11 is 8.15. The molecule has 5 aromatic rings. The van der Waals surface area contributed by atoms with E-state index in [4.69, 9.17) is 11.5 Å². The van der Waals surface area contributed by atoms with Crippen LogP contribution in [0, 0.1) is 0 Å². The predicted molar refractivity (Wildman–Crippen MR) is 301 cm³/mol. The lowest BCUT2D eigenvalue weighted by Crippen LogP contribution is -2.63. The van der Waals surface area contributed by atoms with Crippen molar-refractivity contribution in [3.8, 4) is 5.75 Å². The fourth-order valence-corrected chi connectivity index (χ4v) is 8.49. The number of hydrogen-bond acceptors (Lipinski definition) is 15. The molecule has 0 radical (unpaired) electrons. The van der Waals surface area contributed by atoms with Gasteiger partial charge in [0.2, 0.25) is 35.4 Å². The van der Waals surface area contributed by atoms with E-state index in [0.29, 0.717) is 28.8 Å². The van der Waals surface area contributed by atoms with Gasteiger partial charge in [0, 0.05) is 36.5 Å². The van der Waals surface area contributed by atoms with Crippen molar-refractivity contribution < 1.29 is 53.7 Å². The molecule has 0 aromatic heterocycles. The molecule has 0 aliphatic carbocycles. The topological polar surface area (TPSA) is 346 Å². The van der Waals surface area contributed by atoms with Gasteiger partial charge in [0.15, 0.2) is 6.17 Å². The zero-order valence-corrected chi connectivity index (χ0v) is 44.6. The number of anilines is 1. The molecule has 23 heteroatoms. The highest BCUT2D eigenvalue weighted by atomic mass is 32.1. The number of carbonyl (C=O) groups is 8. The Morgan fingerprint density at radius 1 is 0.513 bits per heavy atom. The third kappa shape index (κ3) is 19.1. The molecule has 21 nitrogen and oxygen atoms in total. The molecule has 5 rings (SSSR count). The van der Waals surface area contributed by atoms with E-state index in [1.54, 1.807) is 78.9 Å². The highest BCUT2D eigenvalue weighted by Gasteiger charge is 2.36. The molecule has 15 N–H and O–H groups in total. The summed E-state index contributed by atoms with van der Waals surface area (Å²) < 4.78 is 0. The van der Waals surface area contributed by atoms with Crippen LogP contribution in [0.15, 0.2) is 127 Å². The van der Waals surface area contributed by atoms with Crippen LogP contribution in [0.2, 0.25) is 0 Å². The predicted octanol–water partition coefficient (Wildman–Crippen LogP) is 0.818. The number of fused-ring (bicyclic) bond motifs is 1. The van der Waals surface area contributed by atoms with Gasteiger partial charge < -0.3 is 69.3 Å². The van der Waals surface area contributed by atoms with Gasteiger partial charge in [-0.25, -0.2) is 4.79 Å². The average Bonchev–Trinajstić information content (AvgIpc) is 3.43. The fraction of sp³-hybridized carbons (Fsp3) is 0.345. The molecule has 0 aliphatic rings. The first-order chi connectivity index (χ1) is 37.4. The number of carboxylic acids is 1. The van der Waals surface area contributed by atoms with Crippen LogP contribution in [0.1, 0.15) is 42.9 Å². The van der Waals surface area contributed by atoms with Gasteiger partial charge in [0.05, 0.1) is 12.1 Å². The number of nitrogens with two attached hydrogens (primary N) is 2. The lowest BCUT2D eigenvalue weighted by Gasteiger charge is -2.29. The second-order valence-electron chi connectivity index (χ2n) is 18.5. The van der Waals surface area contributed by atoms with E-state index in [1.807, 2.05) is 24.3 Å². The van der Waals surface area contributed by atoms with Crippen LogP contribution >= 0.6 is 25.3 Å². The molecule has 0 saturated heterocycles. The monoisotopic (exact) mass is 1110 g/mol. The third-order valence-corrected chi connectivity index (χ3v) is 13.2. The van der Waals surface area contributed by atoms with Crippen LogP contribution in [-0.4, -0.2) is 135 Å². The van der Waals surface area contributed by atoms with Gasteiger partial charge in [0.1, 0.15) is 42.0 Å². The standard InChI is InChI=1S/C55H68N10O11S2/c1-32(66)46(53(73)62-43(27-34-14-6-3-7-15-34)51(71)63-45(31-78)55(75)76)64-49(69)41(18-10-11-25-56)59-54(74)47(58-38-22-21-36-16-8-9-17-37(36)29-38)65-52(72)44(28-35-19-23-39(67)24-20-35)61-50(70)42(60-48(68)40(57)30-77)26-33-12-4-2-5-13-33/h2-9,12-17,19-24,29,32,40-47,58,66-67,77-78H,10-11,18,25-28,30-31,56-57H2,1H3,(H,59,74)(H,60,68)(H,61,70)(H,62,73)(H,63,71)(H,64,69)(H,65,72)(H,75,76)/t32-,40+,41+,42+,43+,44+,45+,46+,47-/m1/s1.